The zero-order chi connectivity index (χ0) is 19.3. The number of carbonyl (C=O) groups is 2. The zero-order valence-corrected chi connectivity index (χ0v) is 16.5. The minimum atomic E-state index is -0.190. The van der Waals surface area contributed by atoms with Gasteiger partial charge in [0.2, 0.25) is 11.8 Å². The lowest BCUT2D eigenvalue weighted by atomic mass is 9.94. The second-order valence-corrected chi connectivity index (χ2v) is 8.21. The Morgan fingerprint density at radius 2 is 1.82 bits per heavy atom. The van der Waals surface area contributed by atoms with Crippen molar-refractivity contribution in [3.05, 3.63) is 30.1 Å². The molecule has 1 aromatic rings. The molecule has 0 radical (unpaired) electrons. The fourth-order valence-corrected chi connectivity index (χ4v) is 4.54. The molecule has 152 valence electrons. The van der Waals surface area contributed by atoms with Gasteiger partial charge in [0.1, 0.15) is 0 Å². The standard InChI is InChI=1S/C21H30N4O3/c26-20-13-19(16-25(20)15-17-1-5-22-6-2-17)21(27)24-7-3-18(4-8-24)14-23-9-11-28-12-10-23/h1-2,5-6,18-19H,3-4,7-16H2. The SMILES string of the molecule is O=C1CC(C(=O)N2CCC(CN3CCOCC3)CC2)CN1Cc1ccncc1. The Labute approximate surface area is 166 Å². The summed E-state index contributed by atoms with van der Waals surface area (Å²) >= 11 is 0. The molecular weight excluding hydrogens is 356 g/mol. The summed E-state index contributed by atoms with van der Waals surface area (Å²) in [4.78, 5) is 35.6. The molecule has 3 aliphatic rings. The molecule has 7 heteroatoms. The predicted molar refractivity (Wildman–Crippen MR) is 104 cm³/mol. The monoisotopic (exact) mass is 386 g/mol. The van der Waals surface area contributed by atoms with E-state index >= 15 is 0 Å². The minimum absolute atomic E-state index is 0.0809. The van der Waals surface area contributed by atoms with Crippen LogP contribution in [0, 0.1) is 11.8 Å². The molecule has 0 aliphatic carbocycles. The molecule has 3 aliphatic heterocycles. The summed E-state index contributed by atoms with van der Waals surface area (Å²) in [5.74, 6) is 0.716. The van der Waals surface area contributed by atoms with Crippen molar-refractivity contribution in [3.8, 4) is 0 Å². The fraction of sp³-hybridized carbons (Fsp3) is 0.667. The summed E-state index contributed by atoms with van der Waals surface area (Å²) in [6.45, 7) is 7.58. The van der Waals surface area contributed by atoms with Gasteiger partial charge in [-0.15, -0.1) is 0 Å². The number of hydrogen-bond donors (Lipinski definition) is 0. The minimum Gasteiger partial charge on any atom is -0.379 e. The van der Waals surface area contributed by atoms with E-state index < -0.39 is 0 Å². The molecule has 0 aromatic carbocycles. The molecule has 1 atom stereocenters. The number of pyridine rings is 1. The van der Waals surface area contributed by atoms with E-state index in [1.54, 1.807) is 12.4 Å². The van der Waals surface area contributed by atoms with Gasteiger partial charge in [-0.25, -0.2) is 0 Å². The van der Waals surface area contributed by atoms with Crippen LogP contribution in [0.4, 0.5) is 0 Å². The van der Waals surface area contributed by atoms with E-state index in [9.17, 15) is 9.59 Å². The van der Waals surface area contributed by atoms with Gasteiger partial charge in [-0.3, -0.25) is 19.5 Å². The number of amides is 2. The molecular formula is C21H30N4O3. The molecule has 2 amide bonds. The zero-order valence-electron chi connectivity index (χ0n) is 16.5. The second kappa shape index (κ2) is 9.01. The Morgan fingerprint density at radius 1 is 1.11 bits per heavy atom. The van der Waals surface area contributed by atoms with Crippen molar-refractivity contribution in [2.24, 2.45) is 11.8 Å². The van der Waals surface area contributed by atoms with Gasteiger partial charge in [0.05, 0.1) is 19.1 Å². The first-order valence-corrected chi connectivity index (χ1v) is 10.4. The van der Waals surface area contributed by atoms with Crippen molar-refractivity contribution in [2.45, 2.75) is 25.8 Å². The highest BCUT2D eigenvalue weighted by Crippen LogP contribution is 2.25. The third-order valence-electron chi connectivity index (χ3n) is 6.23. The Kier molecular flexibility index (Phi) is 6.22. The van der Waals surface area contributed by atoms with E-state index in [1.807, 2.05) is 21.9 Å². The van der Waals surface area contributed by atoms with Crippen LogP contribution in [0.1, 0.15) is 24.8 Å². The van der Waals surface area contributed by atoms with Gasteiger partial charge < -0.3 is 14.5 Å². The Bertz CT molecular complexity index is 669. The highest BCUT2D eigenvalue weighted by molar-refractivity contribution is 5.89. The molecule has 0 bridgehead atoms. The van der Waals surface area contributed by atoms with E-state index in [4.69, 9.17) is 4.74 Å². The largest absolute Gasteiger partial charge is 0.379 e. The highest BCUT2D eigenvalue weighted by Gasteiger charge is 2.37. The Hall–Kier alpha value is -1.99. The number of morpholine rings is 1. The number of ether oxygens (including phenoxy) is 1. The molecule has 0 N–H and O–H groups in total. The topological polar surface area (TPSA) is 66.0 Å². The Balaban J connectivity index is 1.24. The second-order valence-electron chi connectivity index (χ2n) is 8.21. The number of nitrogens with zero attached hydrogens (tertiary/aromatic N) is 4. The molecule has 3 fully saturated rings. The molecule has 28 heavy (non-hydrogen) atoms. The van der Waals surface area contributed by atoms with Crippen molar-refractivity contribution >= 4 is 11.8 Å². The lowest BCUT2D eigenvalue weighted by Gasteiger charge is -2.36. The van der Waals surface area contributed by atoms with E-state index in [0.717, 1.165) is 64.3 Å². The smallest absolute Gasteiger partial charge is 0.227 e. The van der Waals surface area contributed by atoms with Gasteiger partial charge in [0, 0.05) is 64.6 Å². The van der Waals surface area contributed by atoms with Crippen molar-refractivity contribution in [1.29, 1.82) is 0 Å². The van der Waals surface area contributed by atoms with Crippen LogP contribution in [-0.4, -0.2) is 84.0 Å². The number of hydrogen-bond acceptors (Lipinski definition) is 5. The summed E-state index contributed by atoms with van der Waals surface area (Å²) in [5, 5.41) is 0. The first kappa shape index (κ1) is 19.3. The molecule has 1 unspecified atom stereocenters. The molecule has 4 heterocycles. The molecule has 0 spiro atoms. The van der Waals surface area contributed by atoms with Crippen molar-refractivity contribution in [2.75, 3.05) is 52.5 Å². The fourth-order valence-electron chi connectivity index (χ4n) is 4.54. The van der Waals surface area contributed by atoms with Crippen LogP contribution < -0.4 is 0 Å². The maximum Gasteiger partial charge on any atom is 0.227 e. The summed E-state index contributed by atoms with van der Waals surface area (Å²) in [5.41, 5.74) is 1.06. The van der Waals surface area contributed by atoms with Crippen LogP contribution in [0.25, 0.3) is 0 Å². The van der Waals surface area contributed by atoms with E-state index in [2.05, 4.69) is 9.88 Å². The summed E-state index contributed by atoms with van der Waals surface area (Å²) < 4.78 is 5.42. The average molecular weight is 386 g/mol. The van der Waals surface area contributed by atoms with Gasteiger partial charge in [-0.1, -0.05) is 0 Å². The quantitative estimate of drug-likeness (QED) is 0.755. The predicted octanol–water partition coefficient (Wildman–Crippen LogP) is 1.00. The number of carbonyl (C=O) groups excluding carboxylic acids is 2. The van der Waals surface area contributed by atoms with Crippen LogP contribution in [0.5, 0.6) is 0 Å². The van der Waals surface area contributed by atoms with E-state index in [1.165, 1.54) is 0 Å². The van der Waals surface area contributed by atoms with Gasteiger partial charge >= 0.3 is 0 Å². The van der Waals surface area contributed by atoms with Crippen LogP contribution in [0.15, 0.2) is 24.5 Å². The van der Waals surface area contributed by atoms with Crippen molar-refractivity contribution in [1.82, 2.24) is 19.7 Å². The van der Waals surface area contributed by atoms with Crippen molar-refractivity contribution in [3.63, 3.8) is 0 Å². The lowest BCUT2D eigenvalue weighted by Crippen LogP contribution is -2.46. The lowest BCUT2D eigenvalue weighted by molar-refractivity contribution is -0.137. The average Bonchev–Trinajstić information content (AvgIpc) is 3.10. The molecule has 4 rings (SSSR count). The van der Waals surface area contributed by atoms with Gasteiger partial charge in [0.25, 0.3) is 0 Å². The van der Waals surface area contributed by atoms with Gasteiger partial charge in [0.15, 0.2) is 0 Å². The first-order chi connectivity index (χ1) is 13.7. The molecule has 7 nitrogen and oxygen atoms in total. The van der Waals surface area contributed by atoms with E-state index in [0.29, 0.717) is 25.4 Å². The first-order valence-electron chi connectivity index (χ1n) is 10.4. The van der Waals surface area contributed by atoms with Crippen LogP contribution in [0.3, 0.4) is 0 Å². The summed E-state index contributed by atoms with van der Waals surface area (Å²) in [7, 11) is 0. The highest BCUT2D eigenvalue weighted by atomic mass is 16.5. The number of piperidine rings is 1. The number of likely N-dealkylation sites (tertiary alicyclic amines) is 2. The maximum atomic E-state index is 13.0. The van der Waals surface area contributed by atoms with Crippen LogP contribution >= 0.6 is 0 Å². The number of rotatable bonds is 5. The van der Waals surface area contributed by atoms with Crippen LogP contribution in [0.2, 0.25) is 0 Å². The number of aromatic nitrogens is 1. The third-order valence-corrected chi connectivity index (χ3v) is 6.23. The molecule has 1 aromatic heterocycles. The van der Waals surface area contributed by atoms with Crippen LogP contribution in [-0.2, 0) is 20.9 Å². The normalized spacial score (nSPS) is 24.7. The van der Waals surface area contributed by atoms with Gasteiger partial charge in [-0.05, 0) is 36.5 Å². The Morgan fingerprint density at radius 3 is 2.54 bits per heavy atom. The third kappa shape index (κ3) is 4.70. The van der Waals surface area contributed by atoms with E-state index in [-0.39, 0.29) is 17.7 Å². The molecule has 0 saturated carbocycles. The van der Waals surface area contributed by atoms with Crippen molar-refractivity contribution < 1.29 is 14.3 Å². The maximum absolute atomic E-state index is 13.0. The van der Waals surface area contributed by atoms with Gasteiger partial charge in [-0.2, -0.15) is 0 Å². The molecule has 3 saturated heterocycles. The summed E-state index contributed by atoms with van der Waals surface area (Å²) in [6, 6.07) is 3.84. The summed E-state index contributed by atoms with van der Waals surface area (Å²) in [6.07, 6.45) is 5.94.